The summed E-state index contributed by atoms with van der Waals surface area (Å²) in [6, 6.07) is 5.58. The number of carbonyl (C=O) groups excluding carboxylic acids is 1. The lowest BCUT2D eigenvalue weighted by molar-refractivity contribution is 0.0830. The number of methoxy groups -OCH3 is 1. The van der Waals surface area contributed by atoms with E-state index in [1.807, 2.05) is 25.1 Å². The Labute approximate surface area is 112 Å². The minimum absolute atomic E-state index is 0.0679. The van der Waals surface area contributed by atoms with Crippen molar-refractivity contribution in [3.63, 3.8) is 0 Å². The van der Waals surface area contributed by atoms with Crippen LogP contribution in [-0.4, -0.2) is 12.9 Å². The Morgan fingerprint density at radius 1 is 1.50 bits per heavy atom. The van der Waals surface area contributed by atoms with Gasteiger partial charge in [-0.15, -0.1) is 0 Å². The molecule has 0 fully saturated rings. The molecule has 0 radical (unpaired) electrons. The van der Waals surface area contributed by atoms with Crippen LogP contribution >= 0.6 is 11.6 Å². The van der Waals surface area contributed by atoms with Gasteiger partial charge in [0.2, 0.25) is 0 Å². The number of benzene rings is 1. The predicted molar refractivity (Wildman–Crippen MR) is 72.0 cm³/mol. The number of hydrogen-bond acceptors (Lipinski definition) is 2. The molecule has 1 aliphatic rings. The minimum atomic E-state index is -0.624. The molecule has 0 heterocycles. The zero-order chi connectivity index (χ0) is 13.2. The Hall–Kier alpha value is -1.46. The van der Waals surface area contributed by atoms with Crippen molar-refractivity contribution in [3.8, 4) is 17.0 Å². The molecule has 18 heavy (non-hydrogen) atoms. The van der Waals surface area contributed by atoms with Crippen LogP contribution in [0.1, 0.15) is 35.7 Å². The summed E-state index contributed by atoms with van der Waals surface area (Å²) < 4.78 is 5.31. The van der Waals surface area contributed by atoms with Crippen LogP contribution in [0.25, 0.3) is 0 Å². The highest BCUT2D eigenvalue weighted by Gasteiger charge is 2.40. The van der Waals surface area contributed by atoms with Gasteiger partial charge in [0, 0.05) is 16.5 Å². The maximum atomic E-state index is 12.6. The van der Waals surface area contributed by atoms with E-state index in [1.54, 1.807) is 7.11 Å². The molecule has 0 spiro atoms. The Morgan fingerprint density at radius 2 is 2.28 bits per heavy atom. The van der Waals surface area contributed by atoms with E-state index >= 15 is 0 Å². The molecule has 0 N–H and O–H groups in total. The third-order valence-corrected chi connectivity index (χ3v) is 3.82. The maximum Gasteiger partial charge on any atom is 0.181 e. The second kappa shape index (κ2) is 5.04. The fourth-order valence-electron chi connectivity index (χ4n) is 2.57. The highest BCUT2D eigenvalue weighted by molar-refractivity contribution is 6.30. The van der Waals surface area contributed by atoms with Crippen LogP contribution in [0.2, 0.25) is 0 Å². The number of rotatable bonds is 2. The summed E-state index contributed by atoms with van der Waals surface area (Å²) in [7, 11) is 1.63. The van der Waals surface area contributed by atoms with Gasteiger partial charge in [-0.05, 0) is 36.9 Å². The van der Waals surface area contributed by atoms with Crippen molar-refractivity contribution in [2.75, 3.05) is 7.11 Å². The molecular weight excluding hydrogens is 248 g/mol. The van der Waals surface area contributed by atoms with Gasteiger partial charge >= 0.3 is 0 Å². The van der Waals surface area contributed by atoms with Crippen LogP contribution in [0.3, 0.4) is 0 Å². The van der Waals surface area contributed by atoms with E-state index < -0.39 is 5.41 Å². The summed E-state index contributed by atoms with van der Waals surface area (Å²) in [4.78, 5) is 12.6. The van der Waals surface area contributed by atoms with Gasteiger partial charge in [0.1, 0.15) is 5.75 Å². The smallest absolute Gasteiger partial charge is 0.181 e. The van der Waals surface area contributed by atoms with Crippen LogP contribution in [0, 0.1) is 16.7 Å². The first-order chi connectivity index (χ1) is 8.68. The quantitative estimate of drug-likeness (QED) is 0.764. The van der Waals surface area contributed by atoms with Gasteiger partial charge in [0.05, 0.1) is 12.5 Å². The van der Waals surface area contributed by atoms with Crippen molar-refractivity contribution >= 4 is 17.4 Å². The van der Waals surface area contributed by atoms with Gasteiger partial charge in [-0.1, -0.05) is 25.0 Å². The molecule has 1 aliphatic carbocycles. The lowest BCUT2D eigenvalue weighted by Gasteiger charge is -2.31. The summed E-state index contributed by atoms with van der Waals surface area (Å²) in [6.07, 6.45) is 2.18. The molecule has 2 nitrogen and oxygen atoms in total. The molecule has 3 heteroatoms. The van der Waals surface area contributed by atoms with Crippen LogP contribution in [-0.2, 0) is 6.42 Å². The number of ether oxygens (including phenoxy) is 1. The Kier molecular flexibility index (Phi) is 3.63. The van der Waals surface area contributed by atoms with Gasteiger partial charge in [0.15, 0.2) is 5.78 Å². The first-order valence-electron chi connectivity index (χ1n) is 6.02. The van der Waals surface area contributed by atoms with Crippen LogP contribution in [0.5, 0.6) is 5.75 Å². The van der Waals surface area contributed by atoms with Crippen molar-refractivity contribution in [2.24, 2.45) is 5.41 Å². The van der Waals surface area contributed by atoms with Gasteiger partial charge in [-0.25, -0.2) is 0 Å². The second-order valence-corrected chi connectivity index (χ2v) is 4.66. The zero-order valence-electron chi connectivity index (χ0n) is 10.5. The van der Waals surface area contributed by atoms with Gasteiger partial charge in [0.25, 0.3) is 0 Å². The van der Waals surface area contributed by atoms with Gasteiger partial charge in [-0.2, -0.15) is 0 Å². The molecular formula is C15H15ClO2. The van der Waals surface area contributed by atoms with Gasteiger partial charge < -0.3 is 4.74 Å². The number of ketones is 1. The molecule has 0 aliphatic heterocycles. The highest BCUT2D eigenvalue weighted by atomic mass is 35.5. The van der Waals surface area contributed by atoms with Crippen molar-refractivity contribution < 1.29 is 9.53 Å². The average Bonchev–Trinajstić information content (AvgIpc) is 2.42. The Balaban J connectivity index is 2.54. The monoisotopic (exact) mass is 262 g/mol. The number of fused-ring (bicyclic) bond motifs is 1. The van der Waals surface area contributed by atoms with E-state index in [2.05, 4.69) is 11.3 Å². The fourth-order valence-corrected chi connectivity index (χ4v) is 2.75. The average molecular weight is 263 g/mol. The Morgan fingerprint density at radius 3 is 2.89 bits per heavy atom. The summed E-state index contributed by atoms with van der Waals surface area (Å²) in [6.45, 7) is 1.98. The molecule has 94 valence electrons. The normalized spacial score (nSPS) is 21.8. The zero-order valence-corrected chi connectivity index (χ0v) is 11.3. The largest absolute Gasteiger partial charge is 0.496 e. The van der Waals surface area contributed by atoms with E-state index in [9.17, 15) is 4.79 Å². The maximum absolute atomic E-state index is 12.6. The fraction of sp³-hybridized carbons (Fsp3) is 0.400. The lowest BCUT2D eigenvalue weighted by Crippen LogP contribution is -2.34. The van der Waals surface area contributed by atoms with Crippen LogP contribution in [0.4, 0.5) is 0 Å². The molecule has 0 aromatic heterocycles. The molecule has 1 aromatic carbocycles. The molecule has 1 unspecified atom stereocenters. The number of carbonyl (C=O) groups is 1. The summed E-state index contributed by atoms with van der Waals surface area (Å²) >= 11 is 5.52. The van der Waals surface area contributed by atoms with Crippen LogP contribution < -0.4 is 4.74 Å². The molecule has 2 rings (SSSR count). The summed E-state index contributed by atoms with van der Waals surface area (Å²) in [5.74, 6) is 3.75. The molecule has 0 saturated heterocycles. The molecule has 1 aromatic rings. The van der Waals surface area contributed by atoms with E-state index in [4.69, 9.17) is 16.3 Å². The van der Waals surface area contributed by atoms with E-state index in [0.717, 1.165) is 23.3 Å². The van der Waals surface area contributed by atoms with Crippen molar-refractivity contribution in [2.45, 2.75) is 26.2 Å². The second-order valence-electron chi connectivity index (χ2n) is 4.47. The highest BCUT2D eigenvalue weighted by Crippen LogP contribution is 2.40. The van der Waals surface area contributed by atoms with Gasteiger partial charge in [-0.3, -0.25) is 4.79 Å². The molecule has 1 atom stereocenters. The van der Waals surface area contributed by atoms with Crippen LogP contribution in [0.15, 0.2) is 18.2 Å². The number of halogens is 1. The van der Waals surface area contributed by atoms with Crippen molar-refractivity contribution in [1.82, 2.24) is 0 Å². The van der Waals surface area contributed by atoms with Crippen molar-refractivity contribution in [3.05, 3.63) is 29.3 Å². The van der Waals surface area contributed by atoms with E-state index in [0.29, 0.717) is 12.8 Å². The minimum Gasteiger partial charge on any atom is -0.496 e. The first kappa shape index (κ1) is 13.0. The standard InChI is InChI=1S/C15H15ClO2/c1-3-15(9-10-16)8-7-11-12(14(15)17)5-4-6-13(11)18-2/h4-6H,3,7-8H2,1-2H3. The topological polar surface area (TPSA) is 26.3 Å². The third kappa shape index (κ3) is 1.89. The number of Topliss-reactive ketones (excluding diaryl/α,β-unsaturated/α-hetero) is 1. The lowest BCUT2D eigenvalue weighted by atomic mass is 9.69. The summed E-state index contributed by atoms with van der Waals surface area (Å²) in [5, 5.41) is 2.39. The van der Waals surface area contributed by atoms with E-state index in [-0.39, 0.29) is 5.78 Å². The molecule has 0 bridgehead atoms. The Bertz CT molecular complexity index is 539. The summed E-state index contributed by atoms with van der Waals surface area (Å²) in [5.41, 5.74) is 1.09. The van der Waals surface area contributed by atoms with Crippen molar-refractivity contribution in [1.29, 1.82) is 0 Å². The number of hydrogen-bond donors (Lipinski definition) is 0. The van der Waals surface area contributed by atoms with E-state index in [1.165, 1.54) is 0 Å². The predicted octanol–water partition coefficient (Wildman–Crippen LogP) is 3.42. The third-order valence-electron chi connectivity index (χ3n) is 3.72. The molecule has 0 amide bonds. The molecule has 0 saturated carbocycles. The SMILES string of the molecule is CCC1(C#CCl)CCc2c(OC)cccc2C1=O. The first-order valence-corrected chi connectivity index (χ1v) is 6.40.